The van der Waals surface area contributed by atoms with Gasteiger partial charge in [0.05, 0.1) is 18.1 Å². The molecule has 1 aromatic rings. The normalized spacial score (nSPS) is 21.0. The lowest BCUT2D eigenvalue weighted by molar-refractivity contribution is -0.148. The van der Waals surface area contributed by atoms with E-state index in [1.165, 1.54) is 23.6 Å². The molecule has 8 N–H and O–H groups in total. The van der Waals surface area contributed by atoms with Crippen LogP contribution in [0.15, 0.2) is 30.3 Å². The molecule has 4 amide bonds. The molecule has 256 valence electrons. The number of primary amides is 1. The molecule has 0 aliphatic carbocycles. The van der Waals surface area contributed by atoms with Gasteiger partial charge in [-0.05, 0) is 51.9 Å². The fourth-order valence-corrected chi connectivity index (χ4v) is 5.66. The van der Waals surface area contributed by atoms with Gasteiger partial charge in [0.15, 0.2) is 5.78 Å². The molecule has 2 aliphatic heterocycles. The molecule has 14 nitrogen and oxygen atoms in total. The Morgan fingerprint density at radius 1 is 0.891 bits per heavy atom. The highest BCUT2D eigenvalue weighted by Crippen LogP contribution is 2.26. The van der Waals surface area contributed by atoms with Crippen LogP contribution < -0.4 is 16.8 Å². The number of rotatable bonds is 13. The minimum atomic E-state index is -1.26. The maximum absolute atomic E-state index is 13.1. The molecule has 2 aliphatic rings. The van der Waals surface area contributed by atoms with E-state index in [4.69, 9.17) is 16.6 Å². The largest absolute Gasteiger partial charge is 0.481 e. The first-order valence-corrected chi connectivity index (χ1v) is 15.7. The highest BCUT2D eigenvalue weighted by atomic mass is 16.4. The Hall–Kier alpha value is -3.88. The van der Waals surface area contributed by atoms with Crippen molar-refractivity contribution in [1.82, 2.24) is 15.1 Å². The topological polar surface area (TPSA) is 234 Å². The number of nitrogens with zero attached hydrogens (tertiary/aromatic N) is 2. The van der Waals surface area contributed by atoms with Crippen LogP contribution in [0.3, 0.4) is 0 Å². The van der Waals surface area contributed by atoms with E-state index in [1.54, 1.807) is 24.3 Å². The standard InChI is InChI=1S/C18H31N5O6.C14H18O3/c1-9(24)13(19)18(29)23-8-4-6-12(23)17(28)22-7-3-5-11(22)16(27)21-14(10(2)25)15(20)26;1-10(2)8-12(14(16)17)9-13(15)11-6-4-3-5-7-11/h9-14,24-25H,3-8,19H2,1-2H3,(H2,20,26)(H,21,27);3-7,10,12H,8-9H2,1-2H3,(H,16,17)/t9-,10-,11+,12+,13+,14-;12-/m11/s1. The van der Waals surface area contributed by atoms with Crippen LogP contribution in [-0.4, -0.2) is 110 Å². The second-order valence-electron chi connectivity index (χ2n) is 12.4. The number of nitrogens with two attached hydrogens (primary N) is 2. The van der Waals surface area contributed by atoms with E-state index in [1.807, 2.05) is 19.9 Å². The van der Waals surface area contributed by atoms with E-state index in [9.17, 15) is 39.0 Å². The summed E-state index contributed by atoms with van der Waals surface area (Å²) in [5.41, 5.74) is 11.5. The SMILES string of the molecule is CC(C)C[C@H](CC(=O)c1ccccc1)C(=O)O.C[C@@H](O)[C@H](N)C(=O)N1CCC[C@H]1C(=O)N1CCC[C@H]1C(=O)N[C@@H](C(N)=O)[C@@H](C)O. The van der Waals surface area contributed by atoms with Crippen molar-refractivity contribution >= 4 is 35.4 Å². The Kier molecular flexibility index (Phi) is 14.8. The Balaban J connectivity index is 0.000000368. The number of carboxylic acids is 1. The molecule has 46 heavy (non-hydrogen) atoms. The molecule has 0 saturated carbocycles. The molecule has 0 unspecified atom stereocenters. The number of aliphatic hydroxyl groups is 2. The third-order valence-electron chi connectivity index (χ3n) is 8.18. The van der Waals surface area contributed by atoms with Crippen molar-refractivity contribution in [3.05, 3.63) is 35.9 Å². The van der Waals surface area contributed by atoms with E-state index >= 15 is 0 Å². The molecule has 14 heteroatoms. The molecular formula is C32H49N5O9. The van der Waals surface area contributed by atoms with Crippen LogP contribution in [0.4, 0.5) is 0 Å². The molecule has 1 aromatic carbocycles. The third kappa shape index (κ3) is 10.6. The molecule has 2 fully saturated rings. The van der Waals surface area contributed by atoms with E-state index in [0.717, 1.165) is 0 Å². The molecule has 0 aromatic heterocycles. The summed E-state index contributed by atoms with van der Waals surface area (Å²) >= 11 is 0. The zero-order valence-electron chi connectivity index (χ0n) is 27.0. The highest BCUT2D eigenvalue weighted by Gasteiger charge is 2.44. The van der Waals surface area contributed by atoms with Crippen molar-refractivity contribution < 1.29 is 44.1 Å². The van der Waals surface area contributed by atoms with Crippen LogP contribution in [0, 0.1) is 11.8 Å². The number of carbonyl (C=O) groups excluding carboxylic acids is 5. The van der Waals surface area contributed by atoms with E-state index in [-0.39, 0.29) is 24.0 Å². The van der Waals surface area contributed by atoms with Gasteiger partial charge >= 0.3 is 5.97 Å². The molecule has 3 rings (SSSR count). The van der Waals surface area contributed by atoms with Crippen molar-refractivity contribution in [2.75, 3.05) is 13.1 Å². The number of benzene rings is 1. The predicted molar refractivity (Wildman–Crippen MR) is 168 cm³/mol. The van der Waals surface area contributed by atoms with Crippen LogP contribution >= 0.6 is 0 Å². The maximum Gasteiger partial charge on any atom is 0.306 e. The smallest absolute Gasteiger partial charge is 0.306 e. The van der Waals surface area contributed by atoms with Crippen molar-refractivity contribution in [3.8, 4) is 0 Å². The number of amides is 4. The fraction of sp³-hybridized carbons (Fsp3) is 0.625. The van der Waals surface area contributed by atoms with Gasteiger partial charge in [0.2, 0.25) is 23.6 Å². The van der Waals surface area contributed by atoms with E-state index < -0.39 is 66.0 Å². The summed E-state index contributed by atoms with van der Waals surface area (Å²) in [5, 5.41) is 30.7. The Morgan fingerprint density at radius 2 is 1.46 bits per heavy atom. The number of carboxylic acid groups (broad SMARTS) is 1. The fourth-order valence-electron chi connectivity index (χ4n) is 5.66. The zero-order chi connectivity index (χ0) is 34.7. The van der Waals surface area contributed by atoms with Gasteiger partial charge < -0.3 is 41.9 Å². The average Bonchev–Trinajstić information content (AvgIpc) is 3.69. The molecule has 7 atom stereocenters. The first kappa shape index (κ1) is 38.3. The number of aliphatic hydroxyl groups excluding tert-OH is 2. The number of aliphatic carboxylic acids is 1. The lowest BCUT2D eigenvalue weighted by Gasteiger charge is -2.33. The van der Waals surface area contributed by atoms with Gasteiger partial charge in [-0.1, -0.05) is 44.2 Å². The number of Topliss-reactive ketones (excluding diaryl/α,β-unsaturated/α-hetero) is 1. The Morgan fingerprint density at radius 3 is 1.96 bits per heavy atom. The summed E-state index contributed by atoms with van der Waals surface area (Å²) in [6.07, 6.45) is 0.447. The first-order chi connectivity index (χ1) is 21.6. The number of hydrogen-bond acceptors (Lipinski definition) is 9. The minimum Gasteiger partial charge on any atom is -0.481 e. The summed E-state index contributed by atoms with van der Waals surface area (Å²) in [6, 6.07) is 4.90. The lowest BCUT2D eigenvalue weighted by Crippen LogP contribution is -2.58. The quantitative estimate of drug-likeness (QED) is 0.157. The second kappa shape index (κ2) is 17.7. The number of carbonyl (C=O) groups is 6. The van der Waals surface area contributed by atoms with Crippen molar-refractivity contribution in [2.24, 2.45) is 23.3 Å². The van der Waals surface area contributed by atoms with Crippen LogP contribution in [0.25, 0.3) is 0 Å². The van der Waals surface area contributed by atoms with Gasteiger partial charge in [0.25, 0.3) is 0 Å². The van der Waals surface area contributed by atoms with Crippen molar-refractivity contribution in [2.45, 2.75) is 103 Å². The predicted octanol–water partition coefficient (Wildman–Crippen LogP) is 0.0337. The summed E-state index contributed by atoms with van der Waals surface area (Å²) in [5.74, 6) is -3.59. The van der Waals surface area contributed by atoms with Crippen LogP contribution in [0.5, 0.6) is 0 Å². The van der Waals surface area contributed by atoms with Crippen LogP contribution in [0.2, 0.25) is 0 Å². The Bertz CT molecular complexity index is 1220. The number of ketones is 1. The van der Waals surface area contributed by atoms with E-state index in [0.29, 0.717) is 50.8 Å². The monoisotopic (exact) mass is 647 g/mol. The summed E-state index contributed by atoms with van der Waals surface area (Å²) < 4.78 is 0. The van der Waals surface area contributed by atoms with Crippen molar-refractivity contribution in [1.29, 1.82) is 0 Å². The second-order valence-corrected chi connectivity index (χ2v) is 12.4. The molecule has 2 heterocycles. The number of hydrogen-bond donors (Lipinski definition) is 6. The van der Waals surface area contributed by atoms with Gasteiger partial charge in [-0.15, -0.1) is 0 Å². The molecule has 0 bridgehead atoms. The van der Waals surface area contributed by atoms with Gasteiger partial charge in [-0.25, -0.2) is 0 Å². The summed E-state index contributed by atoms with van der Waals surface area (Å²) in [4.78, 5) is 75.5. The maximum atomic E-state index is 13.1. The first-order valence-electron chi connectivity index (χ1n) is 15.7. The van der Waals surface area contributed by atoms with Gasteiger partial charge in [-0.3, -0.25) is 28.8 Å². The number of nitrogens with one attached hydrogen (secondary N) is 1. The van der Waals surface area contributed by atoms with Gasteiger partial charge in [-0.2, -0.15) is 0 Å². The molecule has 0 spiro atoms. The number of likely N-dealkylation sites (tertiary alicyclic amines) is 2. The summed E-state index contributed by atoms with van der Waals surface area (Å²) in [6.45, 7) is 7.36. The van der Waals surface area contributed by atoms with Crippen LogP contribution in [0.1, 0.15) is 76.6 Å². The van der Waals surface area contributed by atoms with Gasteiger partial charge in [0, 0.05) is 25.1 Å². The molecule has 2 saturated heterocycles. The highest BCUT2D eigenvalue weighted by molar-refractivity contribution is 5.98. The average molecular weight is 648 g/mol. The van der Waals surface area contributed by atoms with Crippen LogP contribution in [-0.2, 0) is 24.0 Å². The minimum absolute atomic E-state index is 0.0809. The third-order valence-corrected chi connectivity index (χ3v) is 8.18. The lowest BCUT2D eigenvalue weighted by atomic mass is 9.91. The molecular weight excluding hydrogens is 598 g/mol. The molecule has 0 radical (unpaired) electrons. The Labute approximate surface area is 269 Å². The summed E-state index contributed by atoms with van der Waals surface area (Å²) in [7, 11) is 0. The zero-order valence-corrected chi connectivity index (χ0v) is 27.0. The van der Waals surface area contributed by atoms with Gasteiger partial charge in [0.1, 0.15) is 24.2 Å². The van der Waals surface area contributed by atoms with Crippen molar-refractivity contribution in [3.63, 3.8) is 0 Å². The van der Waals surface area contributed by atoms with E-state index in [2.05, 4.69) is 5.32 Å².